The molecule has 1 aliphatic heterocycles. The molecule has 2 rings (SSSR count). The quantitative estimate of drug-likeness (QED) is 0.847. The summed E-state index contributed by atoms with van der Waals surface area (Å²) in [7, 11) is 4.14. The van der Waals surface area contributed by atoms with Gasteiger partial charge >= 0.3 is 0 Å². The van der Waals surface area contributed by atoms with E-state index in [0.29, 0.717) is 12.6 Å². The lowest BCUT2D eigenvalue weighted by molar-refractivity contribution is 0.140. The maximum Gasteiger partial charge on any atom is 0.0702 e. The van der Waals surface area contributed by atoms with Crippen LogP contribution in [0.2, 0.25) is 0 Å². The minimum Gasteiger partial charge on any atom is -0.392 e. The molecule has 1 aromatic heterocycles. The molecule has 0 saturated carbocycles. The molecule has 0 radical (unpaired) electrons. The molecule has 3 atom stereocenters. The zero-order valence-corrected chi connectivity index (χ0v) is 13.8. The number of likely N-dealkylation sites (tertiary alicyclic amines) is 1. The highest BCUT2D eigenvalue weighted by Crippen LogP contribution is 2.34. The van der Waals surface area contributed by atoms with Gasteiger partial charge in [0.1, 0.15) is 0 Å². The van der Waals surface area contributed by atoms with Gasteiger partial charge in [0.2, 0.25) is 0 Å². The molecule has 0 amide bonds. The van der Waals surface area contributed by atoms with Crippen molar-refractivity contribution in [3.8, 4) is 0 Å². The second-order valence-corrected chi connectivity index (χ2v) is 7.89. The second kappa shape index (κ2) is 6.65. The van der Waals surface area contributed by atoms with Gasteiger partial charge in [-0.25, -0.2) is 0 Å². The number of nitrogens with two attached hydrogens (primary N) is 1. The number of rotatable bonds is 5. The van der Waals surface area contributed by atoms with Crippen LogP contribution in [0.25, 0.3) is 0 Å². The first kappa shape index (κ1) is 15.4. The number of likely N-dealkylation sites (N-methyl/N-ethyl adjacent to an activating group) is 1. The van der Waals surface area contributed by atoms with Crippen molar-refractivity contribution in [1.82, 2.24) is 9.80 Å². The van der Waals surface area contributed by atoms with E-state index < -0.39 is 0 Å². The molecule has 1 aromatic rings. The van der Waals surface area contributed by atoms with Crippen molar-refractivity contribution in [2.45, 2.75) is 24.6 Å². The van der Waals surface area contributed by atoms with E-state index in [0.717, 1.165) is 23.3 Å². The Hall–Kier alpha value is 0.0200. The number of hydrogen-bond donors (Lipinski definition) is 2. The summed E-state index contributed by atoms with van der Waals surface area (Å²) in [5.74, 6) is 0. The highest BCUT2D eigenvalue weighted by Gasteiger charge is 2.36. The van der Waals surface area contributed by atoms with Crippen molar-refractivity contribution in [2.75, 3.05) is 33.7 Å². The predicted molar refractivity (Wildman–Crippen MR) is 83.5 cm³/mol. The molecular weight excluding hydrogens is 326 g/mol. The molecule has 0 aliphatic carbocycles. The van der Waals surface area contributed by atoms with Crippen molar-refractivity contribution in [2.24, 2.45) is 5.73 Å². The van der Waals surface area contributed by atoms with Gasteiger partial charge in [0.25, 0.3) is 0 Å². The molecular formula is C13H22BrN3OS. The van der Waals surface area contributed by atoms with Crippen molar-refractivity contribution in [1.29, 1.82) is 0 Å². The third-order valence-electron chi connectivity index (χ3n) is 3.56. The van der Waals surface area contributed by atoms with Crippen LogP contribution in [0.3, 0.4) is 0 Å². The van der Waals surface area contributed by atoms with E-state index in [4.69, 9.17) is 5.73 Å². The van der Waals surface area contributed by atoms with Gasteiger partial charge in [-0.2, -0.15) is 0 Å². The largest absolute Gasteiger partial charge is 0.392 e. The lowest BCUT2D eigenvalue weighted by Gasteiger charge is -2.33. The molecule has 0 bridgehead atoms. The normalized spacial score (nSPS) is 26.2. The highest BCUT2D eigenvalue weighted by atomic mass is 79.9. The van der Waals surface area contributed by atoms with Gasteiger partial charge in [0, 0.05) is 30.6 Å². The van der Waals surface area contributed by atoms with Crippen molar-refractivity contribution in [3.05, 3.63) is 20.8 Å². The molecule has 108 valence electrons. The summed E-state index contributed by atoms with van der Waals surface area (Å²) in [6, 6.07) is 4.78. The maximum atomic E-state index is 9.97. The lowest BCUT2D eigenvalue weighted by Crippen LogP contribution is -2.42. The number of β-amino-alcohol motifs (C(OH)–C–C–N with tert-alkyl or cyclic N) is 1. The summed E-state index contributed by atoms with van der Waals surface area (Å²) >= 11 is 5.24. The lowest BCUT2D eigenvalue weighted by atomic mass is 10.1. The fraction of sp³-hybridized carbons (Fsp3) is 0.692. The van der Waals surface area contributed by atoms with Crippen LogP contribution < -0.4 is 5.73 Å². The molecule has 3 N–H and O–H groups in total. The van der Waals surface area contributed by atoms with Crippen LogP contribution in [0, 0.1) is 0 Å². The molecule has 6 heteroatoms. The Morgan fingerprint density at radius 2 is 2.32 bits per heavy atom. The van der Waals surface area contributed by atoms with E-state index in [1.807, 2.05) is 0 Å². The van der Waals surface area contributed by atoms with Gasteiger partial charge in [0.15, 0.2) is 0 Å². The van der Waals surface area contributed by atoms with Gasteiger partial charge in [-0.3, -0.25) is 4.90 Å². The second-order valence-electron chi connectivity index (χ2n) is 5.40. The Labute approximate surface area is 127 Å². The van der Waals surface area contributed by atoms with Gasteiger partial charge in [-0.05, 0) is 48.6 Å². The first-order valence-electron chi connectivity index (χ1n) is 6.55. The van der Waals surface area contributed by atoms with E-state index in [-0.39, 0.29) is 12.1 Å². The van der Waals surface area contributed by atoms with E-state index >= 15 is 0 Å². The third-order valence-corrected chi connectivity index (χ3v) is 5.28. The Morgan fingerprint density at radius 3 is 2.84 bits per heavy atom. The van der Waals surface area contributed by atoms with Crippen LogP contribution in [0.5, 0.6) is 0 Å². The minimum atomic E-state index is -0.234. The smallest absolute Gasteiger partial charge is 0.0702 e. The van der Waals surface area contributed by atoms with Crippen molar-refractivity contribution in [3.63, 3.8) is 0 Å². The topological polar surface area (TPSA) is 52.7 Å². The van der Waals surface area contributed by atoms with E-state index in [2.05, 4.69) is 52.0 Å². The summed E-state index contributed by atoms with van der Waals surface area (Å²) in [6.07, 6.45) is 0.601. The highest BCUT2D eigenvalue weighted by molar-refractivity contribution is 9.11. The number of aliphatic hydroxyl groups is 1. The summed E-state index contributed by atoms with van der Waals surface area (Å²) in [4.78, 5) is 5.81. The van der Waals surface area contributed by atoms with Gasteiger partial charge < -0.3 is 15.7 Å². The monoisotopic (exact) mass is 347 g/mol. The zero-order valence-electron chi connectivity index (χ0n) is 11.4. The summed E-state index contributed by atoms with van der Waals surface area (Å²) in [5, 5.41) is 9.97. The van der Waals surface area contributed by atoms with Crippen LogP contribution in [-0.2, 0) is 0 Å². The van der Waals surface area contributed by atoms with Crippen LogP contribution in [-0.4, -0.2) is 60.8 Å². The summed E-state index contributed by atoms with van der Waals surface area (Å²) in [6.45, 7) is 2.26. The van der Waals surface area contributed by atoms with Crippen LogP contribution in [0.4, 0.5) is 0 Å². The minimum absolute atomic E-state index is 0.207. The molecule has 0 spiro atoms. The molecule has 0 aromatic carbocycles. The van der Waals surface area contributed by atoms with E-state index in [1.54, 1.807) is 11.3 Å². The first-order valence-corrected chi connectivity index (χ1v) is 8.16. The number of hydrogen-bond acceptors (Lipinski definition) is 5. The van der Waals surface area contributed by atoms with Gasteiger partial charge in [0.05, 0.1) is 15.9 Å². The van der Waals surface area contributed by atoms with Crippen LogP contribution in [0.1, 0.15) is 17.3 Å². The molecule has 4 nitrogen and oxygen atoms in total. The Kier molecular flexibility index (Phi) is 5.39. The fourth-order valence-corrected chi connectivity index (χ4v) is 4.38. The fourth-order valence-electron chi connectivity index (χ4n) is 2.82. The third kappa shape index (κ3) is 3.77. The molecule has 1 fully saturated rings. The molecule has 1 saturated heterocycles. The van der Waals surface area contributed by atoms with Gasteiger partial charge in [-0.15, -0.1) is 11.3 Å². The predicted octanol–water partition coefficient (Wildman–Crippen LogP) is 1.51. The average molecular weight is 348 g/mol. The molecule has 2 heterocycles. The Morgan fingerprint density at radius 1 is 1.58 bits per heavy atom. The number of aliphatic hydroxyl groups excluding tert-OH is 1. The van der Waals surface area contributed by atoms with E-state index in [9.17, 15) is 5.11 Å². The van der Waals surface area contributed by atoms with Gasteiger partial charge in [-0.1, -0.05) is 0 Å². The maximum absolute atomic E-state index is 9.97. The van der Waals surface area contributed by atoms with Crippen LogP contribution >= 0.6 is 27.3 Å². The number of nitrogens with zero attached hydrogens (tertiary/aromatic N) is 2. The number of thiophene rings is 1. The van der Waals surface area contributed by atoms with Crippen LogP contribution in [0.15, 0.2) is 15.9 Å². The molecule has 1 aliphatic rings. The molecule has 19 heavy (non-hydrogen) atoms. The van der Waals surface area contributed by atoms with Crippen molar-refractivity contribution >= 4 is 27.3 Å². The SMILES string of the molecule is CN(C)CC1CC(O)CN1C(CN)c1ccc(Br)s1. The summed E-state index contributed by atoms with van der Waals surface area (Å²) in [5.41, 5.74) is 5.99. The Balaban J connectivity index is 2.16. The zero-order chi connectivity index (χ0) is 14.0. The Bertz CT molecular complexity index is 412. The molecule has 3 unspecified atom stereocenters. The standard InChI is InChI=1S/C13H22BrN3OS/c1-16(2)7-9-5-10(18)8-17(9)11(6-15)12-3-4-13(14)19-12/h3-4,9-11,18H,5-8,15H2,1-2H3. The first-order chi connectivity index (χ1) is 9.01. The average Bonchev–Trinajstić information content (AvgIpc) is 2.87. The summed E-state index contributed by atoms with van der Waals surface area (Å²) < 4.78 is 1.13. The van der Waals surface area contributed by atoms with E-state index in [1.165, 1.54) is 4.88 Å². The van der Waals surface area contributed by atoms with Crippen molar-refractivity contribution < 1.29 is 5.11 Å². The number of halogens is 1.